The first-order valence-corrected chi connectivity index (χ1v) is 5.18. The molecule has 5 heteroatoms. The van der Waals surface area contributed by atoms with Gasteiger partial charge >= 0.3 is 5.97 Å². The third-order valence-electron chi connectivity index (χ3n) is 2.47. The predicted octanol–water partition coefficient (Wildman–Crippen LogP) is 1.07. The quantitative estimate of drug-likeness (QED) is 0.775. The molecule has 2 rings (SSSR count). The van der Waals surface area contributed by atoms with Crippen molar-refractivity contribution in [2.45, 2.75) is 12.5 Å². The molecule has 86 valence electrons. The summed E-state index contributed by atoms with van der Waals surface area (Å²) >= 11 is 0. The van der Waals surface area contributed by atoms with E-state index in [1.54, 1.807) is 12.1 Å². The van der Waals surface area contributed by atoms with Gasteiger partial charge in [-0.05, 0) is 18.6 Å². The lowest BCUT2D eigenvalue weighted by atomic mass is 10.2. The van der Waals surface area contributed by atoms with Gasteiger partial charge in [-0.1, -0.05) is 0 Å². The minimum Gasteiger partial charge on any atom is -0.465 e. The van der Waals surface area contributed by atoms with Crippen LogP contribution in [0.2, 0.25) is 0 Å². The maximum atomic E-state index is 11.2. The highest BCUT2D eigenvalue weighted by atomic mass is 16.5. The molecule has 0 radical (unpaired) electrons. The van der Waals surface area contributed by atoms with Crippen molar-refractivity contribution >= 4 is 11.8 Å². The molecule has 0 saturated carbocycles. The van der Waals surface area contributed by atoms with Gasteiger partial charge in [-0.15, -0.1) is 0 Å². The summed E-state index contributed by atoms with van der Waals surface area (Å²) in [5, 5.41) is 3.24. The molecule has 5 nitrogen and oxygen atoms in total. The van der Waals surface area contributed by atoms with Gasteiger partial charge in [0.25, 0.3) is 0 Å². The summed E-state index contributed by atoms with van der Waals surface area (Å²) in [4.78, 5) is 15.3. The number of rotatable bonds is 3. The van der Waals surface area contributed by atoms with Crippen molar-refractivity contribution in [3.8, 4) is 0 Å². The second-order valence-corrected chi connectivity index (χ2v) is 3.63. The number of carbonyl (C=O) groups is 1. The third-order valence-corrected chi connectivity index (χ3v) is 2.47. The van der Waals surface area contributed by atoms with Crippen LogP contribution in [-0.2, 0) is 9.47 Å². The molecule has 0 spiro atoms. The molecule has 0 amide bonds. The number of methoxy groups -OCH3 is 1. The van der Waals surface area contributed by atoms with Crippen LogP contribution in [0.4, 0.5) is 5.82 Å². The Morgan fingerprint density at radius 2 is 2.50 bits per heavy atom. The topological polar surface area (TPSA) is 60.5 Å². The normalized spacial score (nSPS) is 19.4. The zero-order valence-electron chi connectivity index (χ0n) is 9.10. The van der Waals surface area contributed by atoms with E-state index in [9.17, 15) is 4.79 Å². The molecule has 1 atom stereocenters. The van der Waals surface area contributed by atoms with Crippen LogP contribution in [0.15, 0.2) is 18.3 Å². The van der Waals surface area contributed by atoms with Crippen LogP contribution in [0.3, 0.4) is 0 Å². The van der Waals surface area contributed by atoms with Gasteiger partial charge in [0.15, 0.2) is 0 Å². The molecule has 1 N–H and O–H groups in total. The maximum Gasteiger partial charge on any atom is 0.339 e. The van der Waals surface area contributed by atoms with E-state index in [2.05, 4.69) is 15.0 Å². The number of esters is 1. The van der Waals surface area contributed by atoms with Gasteiger partial charge in [0.1, 0.15) is 5.82 Å². The molecule has 1 unspecified atom stereocenters. The molecule has 1 aromatic rings. The van der Waals surface area contributed by atoms with Crippen LogP contribution in [0, 0.1) is 0 Å². The van der Waals surface area contributed by atoms with Crippen molar-refractivity contribution in [3.05, 3.63) is 23.9 Å². The van der Waals surface area contributed by atoms with E-state index in [0.29, 0.717) is 18.2 Å². The Morgan fingerprint density at radius 1 is 1.62 bits per heavy atom. The second kappa shape index (κ2) is 4.94. The smallest absolute Gasteiger partial charge is 0.339 e. The van der Waals surface area contributed by atoms with E-state index >= 15 is 0 Å². The van der Waals surface area contributed by atoms with Gasteiger partial charge in [-0.2, -0.15) is 0 Å². The van der Waals surface area contributed by atoms with E-state index in [1.807, 2.05) is 0 Å². The number of pyridine rings is 1. The monoisotopic (exact) mass is 222 g/mol. The molecular weight excluding hydrogens is 208 g/mol. The van der Waals surface area contributed by atoms with Crippen LogP contribution >= 0.6 is 0 Å². The van der Waals surface area contributed by atoms with E-state index < -0.39 is 0 Å². The second-order valence-electron chi connectivity index (χ2n) is 3.63. The molecule has 1 fully saturated rings. The Balaban J connectivity index is 1.98. The van der Waals surface area contributed by atoms with E-state index in [4.69, 9.17) is 4.74 Å². The molecule has 2 heterocycles. The van der Waals surface area contributed by atoms with Gasteiger partial charge < -0.3 is 14.8 Å². The van der Waals surface area contributed by atoms with E-state index in [0.717, 1.165) is 18.8 Å². The average molecular weight is 222 g/mol. The minimum atomic E-state index is -0.372. The highest BCUT2D eigenvalue weighted by molar-refractivity contribution is 5.89. The van der Waals surface area contributed by atoms with Gasteiger partial charge in [0, 0.05) is 12.8 Å². The van der Waals surface area contributed by atoms with Crippen LogP contribution in [0.5, 0.6) is 0 Å². The van der Waals surface area contributed by atoms with Crippen LogP contribution in [0.1, 0.15) is 16.8 Å². The number of hydrogen-bond acceptors (Lipinski definition) is 5. The summed E-state index contributed by atoms with van der Waals surface area (Å²) in [7, 11) is 1.35. The van der Waals surface area contributed by atoms with Crippen molar-refractivity contribution in [1.82, 2.24) is 4.98 Å². The summed E-state index contributed by atoms with van der Waals surface area (Å²) in [6.07, 6.45) is 2.49. The van der Waals surface area contributed by atoms with Crippen LogP contribution < -0.4 is 5.32 Å². The summed E-state index contributed by atoms with van der Waals surface area (Å²) in [6, 6.07) is 3.78. The molecule has 0 aliphatic carbocycles. The lowest BCUT2D eigenvalue weighted by Gasteiger charge is -2.10. The number of ether oxygens (including phenoxy) is 2. The van der Waals surface area contributed by atoms with Crippen LogP contribution in [0.25, 0.3) is 0 Å². The highest BCUT2D eigenvalue weighted by Crippen LogP contribution is 2.12. The van der Waals surface area contributed by atoms with E-state index in [1.165, 1.54) is 13.3 Å². The Labute approximate surface area is 93.8 Å². The first-order valence-electron chi connectivity index (χ1n) is 5.18. The molecule has 0 aromatic carbocycles. The number of anilines is 1. The molecular formula is C11H14N2O3. The largest absolute Gasteiger partial charge is 0.465 e. The lowest BCUT2D eigenvalue weighted by Crippen LogP contribution is -2.19. The number of carbonyl (C=O) groups excluding carboxylic acids is 1. The number of aromatic nitrogens is 1. The fraction of sp³-hybridized carbons (Fsp3) is 0.455. The molecule has 16 heavy (non-hydrogen) atoms. The molecule has 1 aliphatic heterocycles. The predicted molar refractivity (Wildman–Crippen MR) is 58.4 cm³/mol. The first kappa shape index (κ1) is 10.9. The average Bonchev–Trinajstić information content (AvgIpc) is 2.82. The van der Waals surface area contributed by atoms with E-state index in [-0.39, 0.29) is 5.97 Å². The first-order chi connectivity index (χ1) is 7.79. The Morgan fingerprint density at radius 3 is 3.06 bits per heavy atom. The lowest BCUT2D eigenvalue weighted by molar-refractivity contribution is 0.0600. The van der Waals surface area contributed by atoms with Crippen molar-refractivity contribution in [1.29, 1.82) is 0 Å². The number of nitrogens with one attached hydrogen (secondary N) is 1. The SMILES string of the molecule is COC(=O)c1ccc(NC2CCOC2)nc1. The van der Waals surface area contributed by atoms with Crippen molar-refractivity contribution in [2.24, 2.45) is 0 Å². The van der Waals surface area contributed by atoms with Crippen LogP contribution in [-0.4, -0.2) is 37.3 Å². The zero-order chi connectivity index (χ0) is 11.4. The summed E-state index contributed by atoms with van der Waals surface area (Å²) < 4.78 is 9.83. The standard InChI is InChI=1S/C11H14N2O3/c1-15-11(14)8-2-3-10(12-6-8)13-9-4-5-16-7-9/h2-3,6,9H,4-5,7H2,1H3,(H,12,13). The molecule has 0 bridgehead atoms. The molecule has 1 aliphatic rings. The summed E-state index contributed by atoms with van der Waals surface area (Å²) in [5.74, 6) is 0.381. The Hall–Kier alpha value is -1.62. The Bertz CT molecular complexity index is 358. The minimum absolute atomic E-state index is 0.316. The van der Waals surface area contributed by atoms with Crippen molar-refractivity contribution in [3.63, 3.8) is 0 Å². The maximum absolute atomic E-state index is 11.2. The third kappa shape index (κ3) is 2.49. The Kier molecular flexibility index (Phi) is 3.36. The van der Waals surface area contributed by atoms with Crippen molar-refractivity contribution in [2.75, 3.05) is 25.6 Å². The van der Waals surface area contributed by atoms with Gasteiger partial charge in [0.05, 0.1) is 25.3 Å². The zero-order valence-corrected chi connectivity index (χ0v) is 9.10. The van der Waals surface area contributed by atoms with Gasteiger partial charge in [0.2, 0.25) is 0 Å². The highest BCUT2D eigenvalue weighted by Gasteiger charge is 2.15. The number of nitrogens with zero attached hydrogens (tertiary/aromatic N) is 1. The molecule has 1 saturated heterocycles. The summed E-state index contributed by atoms with van der Waals surface area (Å²) in [6.45, 7) is 1.50. The van der Waals surface area contributed by atoms with Crippen molar-refractivity contribution < 1.29 is 14.3 Å². The summed E-state index contributed by atoms with van der Waals surface area (Å²) in [5.41, 5.74) is 0.454. The fourth-order valence-corrected chi connectivity index (χ4v) is 1.58. The molecule has 1 aromatic heterocycles. The number of hydrogen-bond donors (Lipinski definition) is 1. The van der Waals surface area contributed by atoms with Gasteiger partial charge in [-0.25, -0.2) is 9.78 Å². The fourth-order valence-electron chi connectivity index (χ4n) is 1.58. The van der Waals surface area contributed by atoms with Gasteiger partial charge in [-0.3, -0.25) is 0 Å².